The molecule has 0 saturated heterocycles. The Labute approximate surface area is 137 Å². The molecule has 6 nitrogen and oxygen atoms in total. The number of hydrogen-bond acceptors (Lipinski definition) is 5. The van der Waals surface area contributed by atoms with Gasteiger partial charge in [-0.05, 0) is 18.4 Å². The third kappa shape index (κ3) is 4.81. The van der Waals surface area contributed by atoms with Crippen LogP contribution in [0.25, 0.3) is 0 Å². The van der Waals surface area contributed by atoms with E-state index in [2.05, 4.69) is 32.0 Å². The highest BCUT2D eigenvalue weighted by Crippen LogP contribution is 2.11. The Kier molecular flexibility index (Phi) is 6.35. The Balaban J connectivity index is 1.66. The Morgan fingerprint density at radius 3 is 2.73 bits per heavy atom. The molecule has 2 aromatic rings. The van der Waals surface area contributed by atoms with E-state index in [4.69, 9.17) is 0 Å². The van der Waals surface area contributed by atoms with E-state index >= 15 is 0 Å². The molecule has 0 atom stereocenters. The van der Waals surface area contributed by atoms with Gasteiger partial charge in [-0.15, -0.1) is 22.7 Å². The summed E-state index contributed by atoms with van der Waals surface area (Å²) in [7, 11) is 1.73. The summed E-state index contributed by atoms with van der Waals surface area (Å²) in [6, 6.07) is 4.09. The van der Waals surface area contributed by atoms with Crippen LogP contribution < -0.4 is 16.0 Å². The zero-order valence-corrected chi connectivity index (χ0v) is 14.2. The van der Waals surface area contributed by atoms with E-state index in [1.165, 1.54) is 16.2 Å². The molecule has 0 spiro atoms. The van der Waals surface area contributed by atoms with Crippen LogP contribution in [0.15, 0.2) is 28.0 Å². The fourth-order valence-electron chi connectivity index (χ4n) is 1.76. The quantitative estimate of drug-likeness (QED) is 0.425. The monoisotopic (exact) mass is 337 g/mol. The second-order valence-electron chi connectivity index (χ2n) is 4.45. The van der Waals surface area contributed by atoms with Gasteiger partial charge < -0.3 is 16.0 Å². The average molecular weight is 337 g/mol. The van der Waals surface area contributed by atoms with E-state index in [1.54, 1.807) is 23.9 Å². The van der Waals surface area contributed by atoms with Gasteiger partial charge in [-0.3, -0.25) is 9.79 Å². The van der Waals surface area contributed by atoms with Crippen LogP contribution in [0.1, 0.15) is 20.2 Å². The normalized spacial score (nSPS) is 11.3. The van der Waals surface area contributed by atoms with Crippen molar-refractivity contribution in [2.45, 2.75) is 13.5 Å². The summed E-state index contributed by atoms with van der Waals surface area (Å²) in [5.41, 5.74) is 2.45. The number of nitrogens with zero attached hydrogens (tertiary/aromatic N) is 2. The lowest BCUT2D eigenvalue weighted by Gasteiger charge is -2.11. The minimum absolute atomic E-state index is 0.0802. The minimum Gasteiger partial charge on any atom is -0.355 e. The predicted octanol–water partition coefficient (Wildman–Crippen LogP) is 1.61. The van der Waals surface area contributed by atoms with Crippen LogP contribution in [0.4, 0.5) is 0 Å². The molecule has 0 aliphatic rings. The second kappa shape index (κ2) is 8.50. The topological polar surface area (TPSA) is 78.4 Å². The van der Waals surface area contributed by atoms with Crippen molar-refractivity contribution in [3.05, 3.63) is 38.5 Å². The van der Waals surface area contributed by atoms with Gasteiger partial charge in [0.2, 0.25) is 0 Å². The van der Waals surface area contributed by atoms with Gasteiger partial charge in [-0.25, -0.2) is 4.98 Å². The molecule has 0 fully saturated rings. The predicted molar refractivity (Wildman–Crippen MR) is 91.7 cm³/mol. The Morgan fingerprint density at radius 2 is 2.09 bits per heavy atom. The summed E-state index contributed by atoms with van der Waals surface area (Å²) < 4.78 is 0. The zero-order chi connectivity index (χ0) is 15.8. The third-order valence-electron chi connectivity index (χ3n) is 2.89. The SMILES string of the molecule is CN=C(NCCNC(=O)c1scnc1C)NCc1cccs1. The maximum Gasteiger partial charge on any atom is 0.263 e. The number of aromatic nitrogens is 1. The number of hydrogen-bond donors (Lipinski definition) is 3. The van der Waals surface area contributed by atoms with Crippen molar-refractivity contribution in [2.75, 3.05) is 20.1 Å². The number of aryl methyl sites for hydroxylation is 1. The van der Waals surface area contributed by atoms with Crippen molar-refractivity contribution in [1.29, 1.82) is 0 Å². The van der Waals surface area contributed by atoms with Crippen molar-refractivity contribution in [1.82, 2.24) is 20.9 Å². The largest absolute Gasteiger partial charge is 0.355 e. The smallest absolute Gasteiger partial charge is 0.263 e. The fourth-order valence-corrected chi connectivity index (χ4v) is 3.12. The van der Waals surface area contributed by atoms with E-state index in [-0.39, 0.29) is 5.91 Å². The number of thiazole rings is 1. The summed E-state index contributed by atoms with van der Waals surface area (Å²) >= 11 is 3.06. The maximum atomic E-state index is 11.9. The molecule has 0 aliphatic heterocycles. The van der Waals surface area contributed by atoms with E-state index < -0.39 is 0 Å². The summed E-state index contributed by atoms with van der Waals surface area (Å²) in [5.74, 6) is 0.639. The average Bonchev–Trinajstić information content (AvgIpc) is 3.17. The zero-order valence-electron chi connectivity index (χ0n) is 12.5. The van der Waals surface area contributed by atoms with E-state index in [1.807, 2.05) is 18.4 Å². The number of carbonyl (C=O) groups excluding carboxylic acids is 1. The van der Waals surface area contributed by atoms with Gasteiger partial charge in [-0.1, -0.05) is 6.07 Å². The molecule has 2 rings (SSSR count). The minimum atomic E-state index is -0.0802. The van der Waals surface area contributed by atoms with Gasteiger partial charge in [-0.2, -0.15) is 0 Å². The standard InChI is InChI=1S/C14H19N5OS2/c1-10-12(22-9-19-10)13(20)16-5-6-17-14(15-2)18-8-11-4-3-7-21-11/h3-4,7,9H,5-6,8H2,1-2H3,(H,16,20)(H2,15,17,18). The Morgan fingerprint density at radius 1 is 1.27 bits per heavy atom. The van der Waals surface area contributed by atoms with Crippen LogP contribution in [0.2, 0.25) is 0 Å². The maximum absolute atomic E-state index is 11.9. The van der Waals surface area contributed by atoms with Gasteiger partial charge in [0.05, 0.1) is 17.7 Å². The lowest BCUT2D eigenvalue weighted by Crippen LogP contribution is -2.41. The van der Waals surface area contributed by atoms with Crippen molar-refractivity contribution in [3.8, 4) is 0 Å². The number of guanidine groups is 1. The number of thiophene rings is 1. The molecule has 2 heterocycles. The van der Waals surface area contributed by atoms with Crippen molar-refractivity contribution >= 4 is 34.5 Å². The first-order chi connectivity index (χ1) is 10.7. The molecular weight excluding hydrogens is 318 g/mol. The molecule has 0 saturated carbocycles. The first kappa shape index (κ1) is 16.4. The molecule has 1 amide bonds. The number of carbonyl (C=O) groups is 1. The van der Waals surface area contributed by atoms with E-state index in [0.29, 0.717) is 18.0 Å². The van der Waals surface area contributed by atoms with Gasteiger partial charge >= 0.3 is 0 Å². The first-order valence-corrected chi connectivity index (χ1v) is 8.62. The second-order valence-corrected chi connectivity index (χ2v) is 6.34. The van der Waals surface area contributed by atoms with Gasteiger partial charge in [0, 0.05) is 25.0 Å². The van der Waals surface area contributed by atoms with Gasteiger partial charge in [0.15, 0.2) is 5.96 Å². The number of aliphatic imine (C=N–C) groups is 1. The van der Waals surface area contributed by atoms with Crippen molar-refractivity contribution in [3.63, 3.8) is 0 Å². The molecule has 0 unspecified atom stereocenters. The molecule has 2 aromatic heterocycles. The van der Waals surface area contributed by atoms with Crippen LogP contribution in [-0.2, 0) is 6.54 Å². The van der Waals surface area contributed by atoms with Crippen LogP contribution in [-0.4, -0.2) is 37.0 Å². The van der Waals surface area contributed by atoms with E-state index in [9.17, 15) is 4.79 Å². The summed E-state index contributed by atoms with van der Waals surface area (Å²) in [6.45, 7) is 3.70. The number of amides is 1. The summed E-state index contributed by atoms with van der Waals surface area (Å²) in [5, 5.41) is 11.3. The molecule has 0 aliphatic carbocycles. The third-order valence-corrected chi connectivity index (χ3v) is 4.69. The lowest BCUT2D eigenvalue weighted by molar-refractivity contribution is 0.0957. The van der Waals surface area contributed by atoms with Crippen LogP contribution in [0.3, 0.4) is 0 Å². The highest BCUT2D eigenvalue weighted by Gasteiger charge is 2.10. The molecule has 118 valence electrons. The number of rotatable bonds is 6. The fraction of sp³-hybridized carbons (Fsp3) is 0.357. The van der Waals surface area contributed by atoms with Gasteiger partial charge in [0.1, 0.15) is 4.88 Å². The Bertz CT molecular complexity index is 621. The highest BCUT2D eigenvalue weighted by atomic mass is 32.1. The molecule has 8 heteroatoms. The van der Waals surface area contributed by atoms with E-state index in [0.717, 1.165) is 18.2 Å². The molecule has 0 bridgehead atoms. The van der Waals surface area contributed by atoms with Crippen molar-refractivity contribution < 1.29 is 4.79 Å². The van der Waals surface area contributed by atoms with Crippen LogP contribution >= 0.6 is 22.7 Å². The molecular formula is C14H19N5OS2. The first-order valence-electron chi connectivity index (χ1n) is 6.86. The van der Waals surface area contributed by atoms with Crippen molar-refractivity contribution in [2.24, 2.45) is 4.99 Å². The molecule has 3 N–H and O–H groups in total. The van der Waals surface area contributed by atoms with Crippen LogP contribution in [0, 0.1) is 6.92 Å². The van der Waals surface area contributed by atoms with Gasteiger partial charge in [0.25, 0.3) is 5.91 Å². The Hall–Kier alpha value is -1.93. The molecule has 0 radical (unpaired) electrons. The summed E-state index contributed by atoms with van der Waals surface area (Å²) in [6.07, 6.45) is 0. The molecule has 22 heavy (non-hydrogen) atoms. The number of nitrogens with one attached hydrogen (secondary N) is 3. The summed E-state index contributed by atoms with van der Waals surface area (Å²) in [4.78, 5) is 22.0. The highest BCUT2D eigenvalue weighted by molar-refractivity contribution is 7.11. The lowest BCUT2D eigenvalue weighted by atomic mass is 10.4. The molecule has 0 aromatic carbocycles. The van der Waals surface area contributed by atoms with Crippen LogP contribution in [0.5, 0.6) is 0 Å².